The van der Waals surface area contributed by atoms with Gasteiger partial charge in [-0.25, -0.2) is 4.39 Å². The van der Waals surface area contributed by atoms with E-state index in [0.29, 0.717) is 11.6 Å². The van der Waals surface area contributed by atoms with Crippen molar-refractivity contribution in [1.82, 2.24) is 10.6 Å². The van der Waals surface area contributed by atoms with E-state index in [2.05, 4.69) is 10.6 Å². The topological polar surface area (TPSA) is 70.6 Å². The van der Waals surface area contributed by atoms with Crippen LogP contribution in [0.3, 0.4) is 0 Å². The summed E-state index contributed by atoms with van der Waals surface area (Å²) in [5.41, 5.74) is 0.482. The van der Waals surface area contributed by atoms with E-state index < -0.39 is 6.04 Å². The molecule has 2 fully saturated rings. The van der Waals surface area contributed by atoms with Crippen LogP contribution in [0.4, 0.5) is 4.39 Å². The lowest BCUT2D eigenvalue weighted by atomic mass is 9.94. The number of piperidine rings is 1. The van der Waals surface area contributed by atoms with Crippen molar-refractivity contribution in [1.29, 1.82) is 0 Å². The van der Waals surface area contributed by atoms with Gasteiger partial charge in [-0.2, -0.15) is 0 Å². The van der Waals surface area contributed by atoms with Crippen LogP contribution < -0.4 is 10.6 Å². The molecule has 0 radical (unpaired) electrons. The Hall–Kier alpha value is -1.50. The third-order valence-electron chi connectivity index (χ3n) is 5.47. The number of hydrogen-bond donors (Lipinski definition) is 3. The molecule has 5 nitrogen and oxygen atoms in total. The first kappa shape index (κ1) is 18.3. The van der Waals surface area contributed by atoms with E-state index in [-0.39, 0.29) is 42.8 Å². The van der Waals surface area contributed by atoms with E-state index in [4.69, 9.17) is 4.74 Å². The monoisotopic (exact) mass is 350 g/mol. The van der Waals surface area contributed by atoms with E-state index >= 15 is 0 Å². The van der Waals surface area contributed by atoms with Crippen LogP contribution in [0.15, 0.2) is 24.3 Å². The van der Waals surface area contributed by atoms with Gasteiger partial charge >= 0.3 is 0 Å². The van der Waals surface area contributed by atoms with Gasteiger partial charge in [0.25, 0.3) is 0 Å². The number of carbonyl (C=O) groups excluding carboxylic acids is 1. The summed E-state index contributed by atoms with van der Waals surface area (Å²) in [5, 5.41) is 15.9. The molecule has 1 aliphatic heterocycles. The fourth-order valence-electron chi connectivity index (χ4n) is 3.90. The van der Waals surface area contributed by atoms with Gasteiger partial charge in [0, 0.05) is 19.2 Å². The zero-order valence-corrected chi connectivity index (χ0v) is 14.7. The molecule has 138 valence electrons. The Kier molecular flexibility index (Phi) is 5.71. The highest BCUT2D eigenvalue weighted by atomic mass is 19.1. The number of hydrogen-bond acceptors (Lipinski definition) is 4. The van der Waals surface area contributed by atoms with Crippen LogP contribution >= 0.6 is 0 Å². The molecule has 3 rings (SSSR count). The van der Waals surface area contributed by atoms with Crippen LogP contribution in [0.1, 0.15) is 25.3 Å². The molecule has 6 heteroatoms. The highest BCUT2D eigenvalue weighted by Crippen LogP contribution is 2.42. The van der Waals surface area contributed by atoms with Crippen LogP contribution in [0.5, 0.6) is 0 Å². The molecule has 1 aliphatic carbocycles. The molecule has 2 aliphatic rings. The van der Waals surface area contributed by atoms with Crippen molar-refractivity contribution in [3.05, 3.63) is 35.6 Å². The number of nitrogens with one attached hydrogen (secondary N) is 2. The van der Waals surface area contributed by atoms with E-state index in [1.165, 1.54) is 12.5 Å². The third-order valence-corrected chi connectivity index (χ3v) is 5.47. The highest BCUT2D eigenvalue weighted by Gasteiger charge is 2.49. The number of rotatable bonds is 8. The molecule has 1 unspecified atom stereocenters. The highest BCUT2D eigenvalue weighted by molar-refractivity contribution is 5.79. The van der Waals surface area contributed by atoms with Crippen molar-refractivity contribution in [2.24, 2.45) is 11.8 Å². The molecule has 0 spiro atoms. The molecular formula is C19H27FN2O3. The first-order chi connectivity index (χ1) is 12.0. The Morgan fingerprint density at radius 1 is 1.44 bits per heavy atom. The number of aliphatic hydroxyl groups excluding tert-OH is 1. The minimum Gasteiger partial charge on any atom is -0.394 e. The fourth-order valence-corrected chi connectivity index (χ4v) is 3.90. The minimum atomic E-state index is -0.519. The molecule has 0 bridgehead atoms. The Labute approximate surface area is 147 Å². The molecule has 1 amide bonds. The first-order valence-corrected chi connectivity index (χ1v) is 8.97. The summed E-state index contributed by atoms with van der Waals surface area (Å²) in [4.78, 5) is 12.6. The molecule has 0 aromatic heterocycles. The maximum absolute atomic E-state index is 13.8. The van der Waals surface area contributed by atoms with E-state index in [0.717, 1.165) is 12.3 Å². The molecule has 1 saturated heterocycles. The number of benzene rings is 1. The summed E-state index contributed by atoms with van der Waals surface area (Å²) < 4.78 is 19.4. The van der Waals surface area contributed by atoms with Crippen molar-refractivity contribution in [3.63, 3.8) is 0 Å². The Morgan fingerprint density at radius 2 is 2.20 bits per heavy atom. The molecular weight excluding hydrogens is 323 g/mol. The standard InChI is InChI=1S/C19H27FN2O3/c1-11(18(25-2)17-9-13-8-16(13)22-17)19(24)21-14(10-23)7-12-5-3-4-6-15(12)20/h3-6,11,13-14,16-18,22-23H,7-10H2,1-2H3,(H,21,24)/t11-,13+,14+,16?,17+,18-/m1/s1. The Bertz CT molecular complexity index is 602. The quantitative estimate of drug-likeness (QED) is 0.660. The predicted octanol–water partition coefficient (Wildman–Crippen LogP) is 1.25. The number of fused-ring (bicyclic) bond motifs is 1. The van der Waals surface area contributed by atoms with Crippen LogP contribution in [0.2, 0.25) is 0 Å². The zero-order valence-electron chi connectivity index (χ0n) is 14.7. The fraction of sp³-hybridized carbons (Fsp3) is 0.632. The second kappa shape index (κ2) is 7.81. The summed E-state index contributed by atoms with van der Waals surface area (Å²) in [6, 6.07) is 6.67. The van der Waals surface area contributed by atoms with Crippen molar-refractivity contribution < 1.29 is 19.0 Å². The van der Waals surface area contributed by atoms with Crippen LogP contribution in [0, 0.1) is 17.7 Å². The maximum Gasteiger partial charge on any atom is 0.225 e. The number of methoxy groups -OCH3 is 1. The average molecular weight is 350 g/mol. The third kappa shape index (κ3) is 4.19. The van der Waals surface area contributed by atoms with Gasteiger partial charge in [0.1, 0.15) is 5.82 Å². The van der Waals surface area contributed by atoms with Crippen LogP contribution in [-0.2, 0) is 16.0 Å². The SMILES string of the molecule is CO[C@@H]([C@@H]1C[C@@H]2CC2N1)[C@@H](C)C(=O)N[C@H](CO)Cc1ccccc1F. The van der Waals surface area contributed by atoms with Crippen molar-refractivity contribution in [2.75, 3.05) is 13.7 Å². The Balaban J connectivity index is 1.57. The number of amides is 1. The number of aliphatic hydroxyl groups is 1. The lowest BCUT2D eigenvalue weighted by Crippen LogP contribution is -2.50. The van der Waals surface area contributed by atoms with Gasteiger partial charge in [0.05, 0.1) is 24.7 Å². The average Bonchev–Trinajstić information content (AvgIpc) is 3.22. The van der Waals surface area contributed by atoms with E-state index in [9.17, 15) is 14.3 Å². The predicted molar refractivity (Wildman–Crippen MR) is 92.5 cm³/mol. The van der Waals surface area contributed by atoms with Crippen molar-refractivity contribution >= 4 is 5.91 Å². The van der Waals surface area contributed by atoms with Gasteiger partial charge < -0.3 is 20.5 Å². The lowest BCUT2D eigenvalue weighted by Gasteiger charge is -2.30. The van der Waals surface area contributed by atoms with Gasteiger partial charge in [-0.15, -0.1) is 0 Å². The first-order valence-electron chi connectivity index (χ1n) is 8.97. The normalized spacial score (nSPS) is 28.1. The smallest absolute Gasteiger partial charge is 0.225 e. The second-order valence-electron chi connectivity index (χ2n) is 7.28. The minimum absolute atomic E-state index is 0.176. The van der Waals surface area contributed by atoms with Crippen LogP contribution in [0.25, 0.3) is 0 Å². The number of carbonyl (C=O) groups is 1. The van der Waals surface area contributed by atoms with Crippen molar-refractivity contribution in [2.45, 2.75) is 50.4 Å². The summed E-state index contributed by atoms with van der Waals surface area (Å²) in [6.07, 6.45) is 2.31. The summed E-state index contributed by atoms with van der Waals surface area (Å²) in [6.45, 7) is 1.60. The van der Waals surface area contributed by atoms with Gasteiger partial charge in [0.2, 0.25) is 5.91 Å². The van der Waals surface area contributed by atoms with Crippen LogP contribution in [-0.4, -0.2) is 49.0 Å². The second-order valence-corrected chi connectivity index (χ2v) is 7.28. The molecule has 1 aromatic carbocycles. The van der Waals surface area contributed by atoms with Gasteiger partial charge in [-0.3, -0.25) is 4.79 Å². The number of ether oxygens (including phenoxy) is 1. The van der Waals surface area contributed by atoms with E-state index in [1.807, 2.05) is 6.92 Å². The molecule has 25 heavy (non-hydrogen) atoms. The number of halogens is 1. The molecule has 1 saturated carbocycles. The Morgan fingerprint density at radius 3 is 2.80 bits per heavy atom. The lowest BCUT2D eigenvalue weighted by molar-refractivity contribution is -0.130. The summed E-state index contributed by atoms with van der Waals surface area (Å²) in [5.74, 6) is -0.129. The summed E-state index contributed by atoms with van der Waals surface area (Å²) >= 11 is 0. The van der Waals surface area contributed by atoms with E-state index in [1.54, 1.807) is 25.3 Å². The summed E-state index contributed by atoms with van der Waals surface area (Å²) in [7, 11) is 1.63. The van der Waals surface area contributed by atoms with Gasteiger partial charge in [-0.1, -0.05) is 25.1 Å². The zero-order chi connectivity index (χ0) is 18.0. The molecule has 3 N–H and O–H groups in total. The largest absolute Gasteiger partial charge is 0.394 e. The molecule has 1 aromatic rings. The maximum atomic E-state index is 13.8. The molecule has 1 heterocycles. The van der Waals surface area contributed by atoms with Gasteiger partial charge in [0.15, 0.2) is 0 Å². The molecule has 6 atom stereocenters. The van der Waals surface area contributed by atoms with Gasteiger partial charge in [-0.05, 0) is 36.8 Å². The van der Waals surface area contributed by atoms with Crippen molar-refractivity contribution in [3.8, 4) is 0 Å².